The highest BCUT2D eigenvalue weighted by Gasteiger charge is 2.33. The number of carboxylic acid groups (broad SMARTS) is 1. The van der Waals surface area contributed by atoms with Gasteiger partial charge in [0, 0.05) is 30.0 Å². The number of benzene rings is 2. The number of nitrogens with one attached hydrogen (secondary N) is 3. The van der Waals surface area contributed by atoms with Crippen molar-refractivity contribution in [3.63, 3.8) is 0 Å². The van der Waals surface area contributed by atoms with Gasteiger partial charge in [-0.3, -0.25) is 14.4 Å². The number of carbonyl (C=O) groups excluding carboxylic acids is 3. The highest BCUT2D eigenvalue weighted by atomic mass is 35.5. The van der Waals surface area contributed by atoms with Crippen LogP contribution in [0.1, 0.15) is 24.0 Å². The lowest BCUT2D eigenvalue weighted by atomic mass is 9.97. The Balaban J connectivity index is 1.72. The first-order valence-corrected chi connectivity index (χ1v) is 11.4. The van der Waals surface area contributed by atoms with E-state index in [0.717, 1.165) is 17.7 Å². The molecule has 3 amide bonds. The molecule has 1 saturated heterocycles. The second-order valence-electron chi connectivity index (χ2n) is 8.20. The summed E-state index contributed by atoms with van der Waals surface area (Å²) in [5.41, 5.74) is 1.10. The molecule has 3 rings (SSSR count). The molecule has 0 radical (unpaired) electrons. The Morgan fingerprint density at radius 2 is 1.89 bits per heavy atom. The average molecular weight is 502 g/mol. The Kier molecular flexibility index (Phi) is 8.97. The van der Waals surface area contributed by atoms with E-state index in [-0.39, 0.29) is 23.8 Å². The van der Waals surface area contributed by atoms with Gasteiger partial charge >= 0.3 is 5.97 Å². The fraction of sp³-hybridized carbons (Fsp3) is 0.280. The molecule has 1 aliphatic rings. The first kappa shape index (κ1) is 25.9. The van der Waals surface area contributed by atoms with Gasteiger partial charge in [-0.2, -0.15) is 0 Å². The van der Waals surface area contributed by atoms with E-state index in [4.69, 9.17) is 11.6 Å². The van der Waals surface area contributed by atoms with Crippen molar-refractivity contribution in [2.45, 2.75) is 31.3 Å². The molecule has 1 fully saturated rings. The summed E-state index contributed by atoms with van der Waals surface area (Å²) >= 11 is 5.83. The van der Waals surface area contributed by atoms with Crippen LogP contribution in [0.15, 0.2) is 54.6 Å². The maximum atomic E-state index is 13.5. The van der Waals surface area contributed by atoms with Crippen molar-refractivity contribution in [2.75, 3.05) is 6.54 Å². The van der Waals surface area contributed by atoms with Gasteiger partial charge < -0.3 is 21.1 Å². The predicted molar refractivity (Wildman–Crippen MR) is 128 cm³/mol. The number of carboxylic acids is 1. The minimum Gasteiger partial charge on any atom is -0.480 e. The molecular formula is C25H25ClFN3O5. The van der Waals surface area contributed by atoms with Gasteiger partial charge in [0.05, 0.1) is 0 Å². The van der Waals surface area contributed by atoms with E-state index >= 15 is 0 Å². The summed E-state index contributed by atoms with van der Waals surface area (Å²) in [5.74, 6) is -3.93. The van der Waals surface area contributed by atoms with E-state index in [0.29, 0.717) is 18.5 Å². The van der Waals surface area contributed by atoms with Crippen molar-refractivity contribution < 1.29 is 28.7 Å². The van der Waals surface area contributed by atoms with Crippen LogP contribution >= 0.6 is 11.6 Å². The SMILES string of the molecule is O=C(/C=C/c1cc(F)cc(Cl)c1)NC(Cc1ccccc1)C(=O)NC(C[C@@H]1CCNC1=O)C(=O)O. The van der Waals surface area contributed by atoms with Gasteiger partial charge in [0.2, 0.25) is 17.7 Å². The number of amides is 3. The summed E-state index contributed by atoms with van der Waals surface area (Å²) < 4.78 is 13.5. The quantitative estimate of drug-likeness (QED) is 0.372. The number of rotatable bonds is 10. The molecule has 2 unspecified atom stereocenters. The molecule has 184 valence electrons. The maximum absolute atomic E-state index is 13.5. The second-order valence-corrected chi connectivity index (χ2v) is 8.64. The van der Waals surface area contributed by atoms with Crippen molar-refractivity contribution in [1.29, 1.82) is 0 Å². The number of hydrogen-bond donors (Lipinski definition) is 4. The van der Waals surface area contributed by atoms with Gasteiger partial charge in [-0.1, -0.05) is 41.9 Å². The third-order valence-corrected chi connectivity index (χ3v) is 5.74. The molecular weight excluding hydrogens is 477 g/mol. The molecule has 0 bridgehead atoms. The van der Waals surface area contributed by atoms with Crippen LogP contribution in [0.3, 0.4) is 0 Å². The van der Waals surface area contributed by atoms with Crippen molar-refractivity contribution >= 4 is 41.4 Å². The summed E-state index contributed by atoms with van der Waals surface area (Å²) in [5, 5.41) is 17.4. The topological polar surface area (TPSA) is 125 Å². The summed E-state index contributed by atoms with van der Waals surface area (Å²) in [7, 11) is 0. The number of halogens is 2. The standard InChI is InChI=1S/C25H25ClFN3O5/c26-18-10-16(11-19(27)14-18)6-7-22(31)29-20(12-15-4-2-1-3-5-15)24(33)30-21(25(34)35)13-17-8-9-28-23(17)32/h1-7,10-11,14,17,20-21H,8-9,12-13H2,(H,28,32)(H,29,31)(H,30,33)(H,34,35)/b7-6+/t17-,20?,21?/m0/s1. The molecule has 1 aliphatic heterocycles. The predicted octanol–water partition coefficient (Wildman–Crippen LogP) is 2.32. The number of carbonyl (C=O) groups is 4. The largest absolute Gasteiger partial charge is 0.480 e. The van der Waals surface area contributed by atoms with Crippen LogP contribution in [-0.2, 0) is 25.6 Å². The van der Waals surface area contributed by atoms with E-state index in [9.17, 15) is 28.7 Å². The lowest BCUT2D eigenvalue weighted by Gasteiger charge is -2.22. The molecule has 0 aromatic heterocycles. The maximum Gasteiger partial charge on any atom is 0.326 e. The second kappa shape index (κ2) is 12.1. The fourth-order valence-electron chi connectivity index (χ4n) is 3.77. The van der Waals surface area contributed by atoms with Crippen molar-refractivity contribution in [2.24, 2.45) is 5.92 Å². The molecule has 2 aromatic rings. The molecule has 0 aliphatic carbocycles. The Labute approximate surface area is 206 Å². The molecule has 1 heterocycles. The van der Waals surface area contributed by atoms with Gasteiger partial charge in [-0.15, -0.1) is 0 Å². The fourth-order valence-corrected chi connectivity index (χ4v) is 4.00. The Morgan fingerprint density at radius 1 is 1.14 bits per heavy atom. The Morgan fingerprint density at radius 3 is 2.51 bits per heavy atom. The molecule has 2 aromatic carbocycles. The first-order valence-electron chi connectivity index (χ1n) is 11.0. The smallest absolute Gasteiger partial charge is 0.326 e. The molecule has 3 atom stereocenters. The number of aliphatic carboxylic acids is 1. The zero-order chi connectivity index (χ0) is 25.4. The minimum absolute atomic E-state index is 0.0564. The van der Waals surface area contributed by atoms with Gasteiger partial charge in [0.25, 0.3) is 0 Å². The lowest BCUT2D eigenvalue weighted by molar-refractivity contribution is -0.143. The van der Waals surface area contributed by atoms with Crippen molar-refractivity contribution in [1.82, 2.24) is 16.0 Å². The van der Waals surface area contributed by atoms with Crippen molar-refractivity contribution in [3.8, 4) is 0 Å². The van der Waals surface area contributed by atoms with E-state index in [1.54, 1.807) is 30.3 Å². The zero-order valence-corrected chi connectivity index (χ0v) is 19.4. The minimum atomic E-state index is -1.29. The molecule has 8 nitrogen and oxygen atoms in total. The molecule has 35 heavy (non-hydrogen) atoms. The highest BCUT2D eigenvalue weighted by molar-refractivity contribution is 6.30. The summed E-state index contributed by atoms with van der Waals surface area (Å²) in [6, 6.07) is 10.3. The molecule has 4 N–H and O–H groups in total. The van der Waals surface area contributed by atoms with Gasteiger partial charge in [0.1, 0.15) is 17.9 Å². The van der Waals surface area contributed by atoms with Crippen molar-refractivity contribution in [3.05, 3.63) is 76.6 Å². The molecule has 0 saturated carbocycles. The van der Waals surface area contributed by atoms with Crippen LogP contribution in [0.5, 0.6) is 0 Å². The average Bonchev–Trinajstić information content (AvgIpc) is 3.21. The summed E-state index contributed by atoms with van der Waals surface area (Å²) in [6.45, 7) is 0.458. The van der Waals surface area contributed by atoms with Crippen LogP contribution in [0.25, 0.3) is 6.08 Å². The van der Waals surface area contributed by atoms with E-state index < -0.39 is 41.6 Å². The third kappa shape index (κ3) is 7.92. The van der Waals surface area contributed by atoms with Crippen LogP contribution in [-0.4, -0.2) is 47.4 Å². The normalized spacial score (nSPS) is 17.0. The molecule has 10 heteroatoms. The Bertz CT molecular complexity index is 1110. The molecule has 0 spiro atoms. The lowest BCUT2D eigenvalue weighted by Crippen LogP contribution is -2.52. The first-order chi connectivity index (χ1) is 16.7. The monoisotopic (exact) mass is 501 g/mol. The van der Waals surface area contributed by atoms with Crippen LogP contribution < -0.4 is 16.0 Å². The third-order valence-electron chi connectivity index (χ3n) is 5.53. The summed E-state index contributed by atoms with van der Waals surface area (Å²) in [4.78, 5) is 49.2. The Hall–Kier alpha value is -3.72. The van der Waals surface area contributed by atoms with E-state index in [1.165, 1.54) is 18.2 Å². The van der Waals surface area contributed by atoms with Gasteiger partial charge in [-0.05, 0) is 48.2 Å². The van der Waals surface area contributed by atoms with Crippen LogP contribution in [0, 0.1) is 11.7 Å². The van der Waals surface area contributed by atoms with Crippen LogP contribution in [0.2, 0.25) is 5.02 Å². The van der Waals surface area contributed by atoms with E-state index in [2.05, 4.69) is 16.0 Å². The summed E-state index contributed by atoms with van der Waals surface area (Å²) in [6.07, 6.45) is 3.01. The zero-order valence-electron chi connectivity index (χ0n) is 18.7. The van der Waals surface area contributed by atoms with Gasteiger partial charge in [0.15, 0.2) is 0 Å². The van der Waals surface area contributed by atoms with Gasteiger partial charge in [-0.25, -0.2) is 9.18 Å². The van der Waals surface area contributed by atoms with Crippen LogP contribution in [0.4, 0.5) is 4.39 Å². The number of hydrogen-bond acceptors (Lipinski definition) is 4. The highest BCUT2D eigenvalue weighted by Crippen LogP contribution is 2.17. The van der Waals surface area contributed by atoms with E-state index in [1.807, 2.05) is 0 Å².